The molecule has 0 aromatic heterocycles. The summed E-state index contributed by atoms with van der Waals surface area (Å²) in [6.07, 6.45) is 3.41. The average Bonchev–Trinajstić information content (AvgIpc) is 2.22. The SMILES string of the molecule is [B][C@@H]1O[C-](CC)C2[C-](C)C[C@@H]21.[Y]. The third kappa shape index (κ3) is 1.55. The van der Waals surface area contributed by atoms with Gasteiger partial charge < -0.3 is 10.7 Å². The maximum absolute atomic E-state index is 5.79. The van der Waals surface area contributed by atoms with Crippen LogP contribution in [0, 0.1) is 23.9 Å². The van der Waals surface area contributed by atoms with Gasteiger partial charge in [0.25, 0.3) is 0 Å². The maximum atomic E-state index is 5.79. The fourth-order valence-corrected chi connectivity index (χ4v) is 2.28. The van der Waals surface area contributed by atoms with Crippen molar-refractivity contribution in [2.45, 2.75) is 32.7 Å². The van der Waals surface area contributed by atoms with Crippen molar-refractivity contribution in [3.05, 3.63) is 12.0 Å². The molecule has 1 nitrogen and oxygen atoms in total. The molecule has 1 unspecified atom stereocenters. The van der Waals surface area contributed by atoms with E-state index in [9.17, 15) is 0 Å². The molecule has 1 aliphatic heterocycles. The first-order valence-corrected chi connectivity index (χ1v) is 4.34. The molecule has 1 aliphatic carbocycles. The Morgan fingerprint density at radius 1 is 1.58 bits per heavy atom. The van der Waals surface area contributed by atoms with Gasteiger partial charge in [-0.05, 0) is 6.00 Å². The maximum Gasteiger partial charge on any atom is 0.104 e. The van der Waals surface area contributed by atoms with Crippen LogP contribution in [0.2, 0.25) is 0 Å². The minimum Gasteiger partial charge on any atom is -0.556 e. The number of hydrogen-bond acceptors (Lipinski definition) is 1. The molecule has 2 aliphatic rings. The van der Waals surface area contributed by atoms with Gasteiger partial charge in [0.1, 0.15) is 7.85 Å². The van der Waals surface area contributed by atoms with Gasteiger partial charge in [-0.15, -0.1) is 5.92 Å². The first-order valence-electron chi connectivity index (χ1n) is 4.34. The van der Waals surface area contributed by atoms with Crippen LogP contribution in [0.4, 0.5) is 0 Å². The second-order valence-corrected chi connectivity index (χ2v) is 3.59. The van der Waals surface area contributed by atoms with E-state index < -0.39 is 0 Å². The molecule has 2 rings (SSSR count). The summed E-state index contributed by atoms with van der Waals surface area (Å²) in [5.74, 6) is 2.76. The van der Waals surface area contributed by atoms with E-state index >= 15 is 0 Å². The first kappa shape index (κ1) is 11.2. The summed E-state index contributed by atoms with van der Waals surface area (Å²) in [5.41, 5.74) is 0. The van der Waals surface area contributed by atoms with Crippen molar-refractivity contribution >= 4 is 7.85 Å². The van der Waals surface area contributed by atoms with Crippen LogP contribution in [0.5, 0.6) is 0 Å². The van der Waals surface area contributed by atoms with E-state index in [4.69, 9.17) is 12.6 Å². The number of hydrogen-bond donors (Lipinski definition) is 0. The van der Waals surface area contributed by atoms with Gasteiger partial charge in [-0.2, -0.15) is 19.8 Å². The van der Waals surface area contributed by atoms with Crippen LogP contribution < -0.4 is 0 Å². The Kier molecular flexibility index (Phi) is 3.83. The molecule has 0 N–H and O–H groups in total. The summed E-state index contributed by atoms with van der Waals surface area (Å²) in [4.78, 5) is 0. The largest absolute Gasteiger partial charge is 0.556 e. The molecule has 2 fully saturated rings. The van der Waals surface area contributed by atoms with Crippen molar-refractivity contribution in [1.82, 2.24) is 0 Å². The number of fused-ring (bicyclic) bond motifs is 1. The van der Waals surface area contributed by atoms with Gasteiger partial charge >= 0.3 is 0 Å². The summed E-state index contributed by atoms with van der Waals surface area (Å²) in [7, 11) is 5.79. The monoisotopic (exact) mass is 237 g/mol. The summed E-state index contributed by atoms with van der Waals surface area (Å²) in [6, 6.07) is -0.0151. The molecule has 3 atom stereocenters. The zero-order chi connectivity index (χ0) is 8.01. The molecule has 0 bridgehead atoms. The molecule has 63 valence electrons. The Labute approximate surface area is 101 Å². The summed E-state index contributed by atoms with van der Waals surface area (Å²) in [5, 5.41) is 0. The normalized spacial score (nSPS) is 41.7. The Hall–Kier alpha value is 1.13. The van der Waals surface area contributed by atoms with Gasteiger partial charge in [-0.1, -0.05) is 6.92 Å². The quantitative estimate of drug-likeness (QED) is 0.498. The van der Waals surface area contributed by atoms with Crippen molar-refractivity contribution in [1.29, 1.82) is 0 Å². The van der Waals surface area contributed by atoms with Crippen molar-refractivity contribution in [2.24, 2.45) is 11.8 Å². The molecule has 1 saturated carbocycles. The second-order valence-electron chi connectivity index (χ2n) is 3.59. The molecule has 0 spiro atoms. The van der Waals surface area contributed by atoms with Crippen LogP contribution in [-0.2, 0) is 37.4 Å². The molecular weight excluding hydrogens is 224 g/mol. The molecule has 0 aromatic carbocycles. The summed E-state index contributed by atoms with van der Waals surface area (Å²) >= 11 is 0. The van der Waals surface area contributed by atoms with Crippen molar-refractivity contribution in [3.8, 4) is 0 Å². The molecular formula is C9H13BOY-2. The molecule has 0 amide bonds. The van der Waals surface area contributed by atoms with Crippen molar-refractivity contribution in [3.63, 3.8) is 0 Å². The van der Waals surface area contributed by atoms with Crippen LogP contribution in [0.3, 0.4) is 0 Å². The Balaban J connectivity index is 0.000000720. The first-order chi connectivity index (χ1) is 5.24. The van der Waals surface area contributed by atoms with Gasteiger partial charge in [-0.25, -0.2) is 6.10 Å². The fraction of sp³-hybridized carbons (Fsp3) is 0.778. The predicted octanol–water partition coefficient (Wildman–Crippen LogP) is 1.68. The van der Waals surface area contributed by atoms with Crippen LogP contribution in [-0.4, -0.2) is 13.8 Å². The fourth-order valence-electron chi connectivity index (χ4n) is 2.28. The van der Waals surface area contributed by atoms with Gasteiger partial charge in [0.05, 0.1) is 0 Å². The average molecular weight is 237 g/mol. The zero-order valence-corrected chi connectivity index (χ0v) is 10.5. The van der Waals surface area contributed by atoms with E-state index in [0.29, 0.717) is 11.8 Å². The van der Waals surface area contributed by atoms with Crippen LogP contribution in [0.25, 0.3) is 0 Å². The van der Waals surface area contributed by atoms with E-state index in [1.807, 2.05) is 0 Å². The molecule has 12 heavy (non-hydrogen) atoms. The number of rotatable bonds is 1. The van der Waals surface area contributed by atoms with E-state index in [-0.39, 0.29) is 38.7 Å². The smallest absolute Gasteiger partial charge is 0.104 e. The van der Waals surface area contributed by atoms with Crippen LogP contribution >= 0.6 is 0 Å². The molecule has 0 aromatic rings. The van der Waals surface area contributed by atoms with E-state index in [1.165, 1.54) is 12.5 Å². The van der Waals surface area contributed by atoms with E-state index in [2.05, 4.69) is 13.8 Å². The molecule has 1 heterocycles. The van der Waals surface area contributed by atoms with Gasteiger partial charge in [0, 0.05) is 32.7 Å². The van der Waals surface area contributed by atoms with Crippen LogP contribution in [0.1, 0.15) is 26.7 Å². The van der Waals surface area contributed by atoms with Crippen molar-refractivity contribution < 1.29 is 37.4 Å². The Morgan fingerprint density at radius 3 is 2.67 bits per heavy atom. The topological polar surface area (TPSA) is 9.23 Å². The minimum absolute atomic E-state index is 0. The third-order valence-electron chi connectivity index (χ3n) is 2.92. The van der Waals surface area contributed by atoms with Crippen molar-refractivity contribution in [2.75, 3.05) is 0 Å². The third-order valence-corrected chi connectivity index (χ3v) is 2.92. The molecule has 1 saturated heterocycles. The minimum atomic E-state index is -0.0151. The predicted molar refractivity (Wildman–Crippen MR) is 44.7 cm³/mol. The van der Waals surface area contributed by atoms with Gasteiger partial charge in [-0.3, -0.25) is 5.92 Å². The summed E-state index contributed by atoms with van der Waals surface area (Å²) in [6.45, 7) is 4.34. The van der Waals surface area contributed by atoms with Gasteiger partial charge in [0.15, 0.2) is 0 Å². The van der Waals surface area contributed by atoms with Crippen LogP contribution in [0.15, 0.2) is 0 Å². The zero-order valence-electron chi connectivity index (χ0n) is 7.71. The Bertz CT molecular complexity index is 165. The van der Waals surface area contributed by atoms with Gasteiger partial charge in [0.2, 0.25) is 0 Å². The molecule has 3 heteroatoms. The summed E-state index contributed by atoms with van der Waals surface area (Å²) < 4.78 is 5.54. The number of ether oxygens (including phenoxy) is 1. The van der Waals surface area contributed by atoms with E-state index in [1.54, 1.807) is 5.92 Å². The molecule has 3 radical (unpaired) electrons. The Morgan fingerprint density at radius 2 is 2.25 bits per heavy atom. The van der Waals surface area contributed by atoms with E-state index in [0.717, 1.165) is 6.42 Å². The standard InChI is InChI=1S/C9H13BO.Y/c1-3-7-8-5(2)4-6(8)9(10)11-7;/h6,8-9H,3-4H2,1-2H3;/q-2;/t6-,8?,9+;/m0./s1. The second kappa shape index (κ2) is 4.11.